The molecule has 0 aliphatic heterocycles. The van der Waals surface area contributed by atoms with Gasteiger partial charge in [0.1, 0.15) is 0 Å². The number of carbonyl (C=O) groups is 1. The van der Waals surface area contributed by atoms with Crippen LogP contribution in [0.4, 0.5) is 22.0 Å². The number of aryl methyl sites for hydroxylation is 1. The Morgan fingerprint density at radius 3 is 1.77 bits per heavy atom. The Labute approximate surface area is 204 Å². The molecule has 0 bridgehead atoms. The standard InChI is InChI=1S/C25H25F5N2O2S/c1-12-20(35-21-18(29)16(27)15(26)17(28)19(21)30)22(32(31-12)25(5,6)7)34-23(33)13-8-10-14(11-9-13)24(2,3)4/h8-11H,1-7H3. The Hall–Kier alpha value is -2.88. The first kappa shape index (κ1) is 26.7. The fourth-order valence-corrected chi connectivity index (χ4v) is 4.15. The van der Waals surface area contributed by atoms with Crippen LogP contribution in [-0.2, 0) is 11.0 Å². The predicted molar refractivity (Wildman–Crippen MR) is 122 cm³/mol. The fourth-order valence-electron chi connectivity index (χ4n) is 3.18. The average molecular weight is 513 g/mol. The molecule has 0 saturated carbocycles. The van der Waals surface area contributed by atoms with Gasteiger partial charge in [-0.25, -0.2) is 31.4 Å². The highest BCUT2D eigenvalue weighted by Gasteiger charge is 2.32. The lowest BCUT2D eigenvalue weighted by molar-refractivity contribution is 0.0704. The van der Waals surface area contributed by atoms with Crippen LogP contribution in [0.2, 0.25) is 0 Å². The van der Waals surface area contributed by atoms with Gasteiger partial charge in [-0.1, -0.05) is 44.7 Å². The summed E-state index contributed by atoms with van der Waals surface area (Å²) in [7, 11) is 0. The van der Waals surface area contributed by atoms with Crippen molar-refractivity contribution in [2.75, 3.05) is 0 Å². The smallest absolute Gasteiger partial charge is 0.344 e. The maximum atomic E-state index is 14.4. The molecule has 0 amide bonds. The highest BCUT2D eigenvalue weighted by Crippen LogP contribution is 2.43. The van der Waals surface area contributed by atoms with Gasteiger partial charge < -0.3 is 4.74 Å². The molecule has 0 N–H and O–H groups in total. The van der Waals surface area contributed by atoms with E-state index in [0.717, 1.165) is 5.56 Å². The van der Waals surface area contributed by atoms with Gasteiger partial charge in [-0.05, 0) is 50.8 Å². The molecule has 35 heavy (non-hydrogen) atoms. The summed E-state index contributed by atoms with van der Waals surface area (Å²) in [6, 6.07) is 6.75. The molecule has 0 aliphatic rings. The van der Waals surface area contributed by atoms with Crippen molar-refractivity contribution in [3.8, 4) is 5.88 Å². The van der Waals surface area contributed by atoms with Gasteiger partial charge in [-0.3, -0.25) is 0 Å². The first-order valence-corrected chi connectivity index (χ1v) is 11.5. The van der Waals surface area contributed by atoms with E-state index in [1.807, 2.05) is 20.8 Å². The monoisotopic (exact) mass is 512 g/mol. The Bertz CT molecular complexity index is 1260. The first-order valence-electron chi connectivity index (χ1n) is 10.7. The van der Waals surface area contributed by atoms with Crippen molar-refractivity contribution in [3.63, 3.8) is 0 Å². The van der Waals surface area contributed by atoms with Gasteiger partial charge in [0.25, 0.3) is 0 Å². The van der Waals surface area contributed by atoms with E-state index in [0.29, 0.717) is 0 Å². The number of benzene rings is 2. The molecule has 0 fully saturated rings. The van der Waals surface area contributed by atoms with Gasteiger partial charge in [0, 0.05) is 0 Å². The molecule has 10 heteroatoms. The maximum Gasteiger partial charge on any atom is 0.344 e. The molecular formula is C25H25F5N2O2S. The van der Waals surface area contributed by atoms with Gasteiger partial charge in [0.2, 0.25) is 11.7 Å². The molecule has 1 heterocycles. The number of halogens is 5. The van der Waals surface area contributed by atoms with Crippen LogP contribution < -0.4 is 4.74 Å². The second-order valence-electron chi connectivity index (χ2n) is 10.0. The van der Waals surface area contributed by atoms with E-state index in [-0.39, 0.29) is 39.2 Å². The molecule has 188 valence electrons. The van der Waals surface area contributed by atoms with Crippen LogP contribution in [0, 0.1) is 36.0 Å². The number of aromatic nitrogens is 2. The van der Waals surface area contributed by atoms with E-state index in [4.69, 9.17) is 4.74 Å². The topological polar surface area (TPSA) is 44.1 Å². The van der Waals surface area contributed by atoms with Crippen LogP contribution in [0.25, 0.3) is 0 Å². The van der Waals surface area contributed by atoms with Gasteiger partial charge >= 0.3 is 5.97 Å². The van der Waals surface area contributed by atoms with E-state index in [1.54, 1.807) is 45.0 Å². The Balaban J connectivity index is 2.08. The lowest BCUT2D eigenvalue weighted by atomic mass is 9.87. The molecule has 4 nitrogen and oxygen atoms in total. The van der Waals surface area contributed by atoms with Crippen molar-refractivity contribution in [2.24, 2.45) is 0 Å². The molecule has 0 spiro atoms. The van der Waals surface area contributed by atoms with Gasteiger partial charge in [0.05, 0.1) is 26.6 Å². The van der Waals surface area contributed by atoms with Crippen molar-refractivity contribution in [1.29, 1.82) is 0 Å². The van der Waals surface area contributed by atoms with Crippen LogP contribution in [0.3, 0.4) is 0 Å². The Morgan fingerprint density at radius 2 is 1.31 bits per heavy atom. The van der Waals surface area contributed by atoms with Crippen molar-refractivity contribution < 1.29 is 31.5 Å². The molecule has 0 aliphatic carbocycles. The highest BCUT2D eigenvalue weighted by atomic mass is 32.2. The zero-order valence-corrected chi connectivity index (χ0v) is 21.1. The number of hydrogen-bond acceptors (Lipinski definition) is 4. The third-order valence-electron chi connectivity index (χ3n) is 5.15. The number of esters is 1. The van der Waals surface area contributed by atoms with E-state index >= 15 is 0 Å². The zero-order valence-electron chi connectivity index (χ0n) is 20.3. The molecule has 3 aromatic rings. The van der Waals surface area contributed by atoms with Gasteiger partial charge in [-0.2, -0.15) is 5.10 Å². The van der Waals surface area contributed by atoms with E-state index < -0.39 is 45.5 Å². The lowest BCUT2D eigenvalue weighted by Gasteiger charge is -2.22. The summed E-state index contributed by atoms with van der Waals surface area (Å²) in [5, 5.41) is 4.31. The number of nitrogens with zero attached hydrogens (tertiary/aromatic N) is 2. The maximum absolute atomic E-state index is 14.4. The third kappa shape index (κ3) is 5.22. The number of rotatable bonds is 4. The Kier molecular flexibility index (Phi) is 7.09. The Morgan fingerprint density at radius 1 is 0.829 bits per heavy atom. The number of hydrogen-bond donors (Lipinski definition) is 0. The highest BCUT2D eigenvalue weighted by molar-refractivity contribution is 7.99. The molecule has 3 rings (SSSR count). The number of carbonyl (C=O) groups excluding carboxylic acids is 1. The molecule has 0 unspecified atom stereocenters. The predicted octanol–water partition coefficient (Wildman–Crippen LogP) is 7.31. The summed E-state index contributed by atoms with van der Waals surface area (Å²) in [5.74, 6) is -11.3. The van der Waals surface area contributed by atoms with Crippen LogP contribution in [0.15, 0.2) is 34.1 Å². The minimum atomic E-state index is -2.25. The van der Waals surface area contributed by atoms with Crippen LogP contribution >= 0.6 is 11.8 Å². The summed E-state index contributed by atoms with van der Waals surface area (Å²) >= 11 is 0.254. The minimum absolute atomic E-state index is 0.0530. The largest absolute Gasteiger partial charge is 0.403 e. The average Bonchev–Trinajstić information content (AvgIpc) is 3.08. The van der Waals surface area contributed by atoms with Gasteiger partial charge in [-0.15, -0.1) is 0 Å². The van der Waals surface area contributed by atoms with E-state index in [1.165, 1.54) is 11.6 Å². The fraction of sp³-hybridized carbons (Fsp3) is 0.360. The van der Waals surface area contributed by atoms with Crippen molar-refractivity contribution >= 4 is 17.7 Å². The lowest BCUT2D eigenvalue weighted by Crippen LogP contribution is -2.25. The normalized spacial score (nSPS) is 12.2. The van der Waals surface area contributed by atoms with Crippen molar-refractivity contribution in [1.82, 2.24) is 9.78 Å². The second kappa shape index (κ2) is 9.29. The summed E-state index contributed by atoms with van der Waals surface area (Å²) < 4.78 is 76.7. The number of ether oxygens (including phenoxy) is 1. The van der Waals surface area contributed by atoms with Crippen LogP contribution in [0.5, 0.6) is 5.88 Å². The van der Waals surface area contributed by atoms with Crippen molar-refractivity contribution in [3.05, 3.63) is 70.2 Å². The second-order valence-corrected chi connectivity index (χ2v) is 11.0. The molecule has 0 saturated heterocycles. The van der Waals surface area contributed by atoms with Gasteiger partial charge in [0.15, 0.2) is 23.3 Å². The third-order valence-corrected chi connectivity index (χ3v) is 6.39. The molecular weight excluding hydrogens is 487 g/mol. The molecule has 0 atom stereocenters. The SMILES string of the molecule is Cc1nn(C(C)(C)C)c(OC(=O)c2ccc(C(C)(C)C)cc2)c1Sc1c(F)c(F)c(F)c(F)c1F. The first-order chi connectivity index (χ1) is 16.0. The zero-order chi connectivity index (χ0) is 26.5. The van der Waals surface area contributed by atoms with Crippen molar-refractivity contribution in [2.45, 2.75) is 69.2 Å². The summed E-state index contributed by atoms with van der Waals surface area (Å²) in [5.41, 5.74) is 0.504. The summed E-state index contributed by atoms with van der Waals surface area (Å²) in [6.07, 6.45) is 0. The van der Waals surface area contributed by atoms with E-state index in [2.05, 4.69) is 5.10 Å². The molecule has 1 aromatic heterocycles. The van der Waals surface area contributed by atoms with Crippen LogP contribution in [-0.4, -0.2) is 15.7 Å². The molecule has 2 aromatic carbocycles. The minimum Gasteiger partial charge on any atom is -0.403 e. The summed E-state index contributed by atoms with van der Waals surface area (Å²) in [4.78, 5) is 11.8. The summed E-state index contributed by atoms with van der Waals surface area (Å²) in [6.45, 7) is 12.8. The quantitative estimate of drug-likeness (QED) is 0.159. The van der Waals surface area contributed by atoms with Crippen LogP contribution in [0.1, 0.15) is 63.2 Å². The van der Waals surface area contributed by atoms with E-state index in [9.17, 15) is 26.7 Å². The molecule has 0 radical (unpaired) electrons.